The number of Topliss-reactive ketones (excluding diaryl/α,β-unsaturated/α-hetero) is 1. The Morgan fingerprint density at radius 1 is 1.33 bits per heavy atom. The van der Waals surface area contributed by atoms with E-state index in [4.69, 9.17) is 0 Å². The van der Waals surface area contributed by atoms with Crippen LogP contribution in [0.15, 0.2) is 35.9 Å². The number of ketones is 1. The van der Waals surface area contributed by atoms with Gasteiger partial charge in [-0.1, -0.05) is 50.1 Å². The first-order valence-electron chi connectivity index (χ1n) is 5.64. The molecule has 1 heteroatoms. The summed E-state index contributed by atoms with van der Waals surface area (Å²) in [6.07, 6.45) is 6.34. The lowest BCUT2D eigenvalue weighted by atomic mass is 10.1. The first kappa shape index (κ1) is 10.2. The van der Waals surface area contributed by atoms with Crippen LogP contribution in [0, 0.1) is 0 Å². The zero-order valence-corrected chi connectivity index (χ0v) is 9.12. The highest BCUT2D eigenvalue weighted by molar-refractivity contribution is 6.13. The van der Waals surface area contributed by atoms with Crippen LogP contribution in [0.2, 0.25) is 0 Å². The van der Waals surface area contributed by atoms with Gasteiger partial charge in [0.1, 0.15) is 0 Å². The van der Waals surface area contributed by atoms with Gasteiger partial charge in [0.25, 0.3) is 0 Å². The van der Waals surface area contributed by atoms with Crippen LogP contribution < -0.4 is 0 Å². The summed E-state index contributed by atoms with van der Waals surface area (Å²) in [5.74, 6) is 0.238. The summed E-state index contributed by atoms with van der Waals surface area (Å²) in [6, 6.07) is 7.92. The number of fused-ring (bicyclic) bond motifs is 1. The lowest BCUT2D eigenvalue weighted by Crippen LogP contribution is -1.94. The first-order valence-corrected chi connectivity index (χ1v) is 5.64. The average molecular weight is 200 g/mol. The van der Waals surface area contributed by atoms with Gasteiger partial charge in [0.15, 0.2) is 5.78 Å². The summed E-state index contributed by atoms with van der Waals surface area (Å²) in [5, 5.41) is 0. The number of allylic oxidation sites excluding steroid dienone is 2. The van der Waals surface area contributed by atoms with Crippen molar-refractivity contribution >= 4 is 5.78 Å². The van der Waals surface area contributed by atoms with E-state index in [2.05, 4.69) is 13.0 Å². The van der Waals surface area contributed by atoms with Crippen LogP contribution in [0.5, 0.6) is 0 Å². The van der Waals surface area contributed by atoms with E-state index >= 15 is 0 Å². The lowest BCUT2D eigenvalue weighted by Gasteiger charge is -1.94. The van der Waals surface area contributed by atoms with Crippen molar-refractivity contribution in [2.24, 2.45) is 0 Å². The van der Waals surface area contributed by atoms with Crippen molar-refractivity contribution < 1.29 is 4.79 Å². The SMILES string of the molecule is CCCC/C=C1/Cc2ccccc2C1=O. The van der Waals surface area contributed by atoms with Gasteiger partial charge in [-0.05, 0) is 12.0 Å². The molecule has 0 heterocycles. The summed E-state index contributed by atoms with van der Waals surface area (Å²) < 4.78 is 0. The van der Waals surface area contributed by atoms with E-state index in [0.717, 1.165) is 24.0 Å². The number of carbonyl (C=O) groups is 1. The normalized spacial score (nSPS) is 17.1. The Labute approximate surface area is 90.8 Å². The highest BCUT2D eigenvalue weighted by Gasteiger charge is 2.23. The number of carbonyl (C=O) groups excluding carboxylic acids is 1. The molecule has 0 amide bonds. The molecule has 15 heavy (non-hydrogen) atoms. The molecule has 1 aromatic carbocycles. The molecule has 78 valence electrons. The molecule has 1 nitrogen and oxygen atoms in total. The fourth-order valence-corrected chi connectivity index (χ4v) is 2.00. The maximum absolute atomic E-state index is 11.9. The van der Waals surface area contributed by atoms with Crippen molar-refractivity contribution in [3.8, 4) is 0 Å². The Kier molecular flexibility index (Phi) is 3.00. The molecule has 0 unspecified atom stereocenters. The molecule has 1 aliphatic rings. The Morgan fingerprint density at radius 3 is 2.87 bits per heavy atom. The van der Waals surface area contributed by atoms with Gasteiger partial charge in [-0.25, -0.2) is 0 Å². The second-order valence-electron chi connectivity index (χ2n) is 4.03. The molecule has 0 radical (unpaired) electrons. The third-order valence-electron chi connectivity index (χ3n) is 2.88. The van der Waals surface area contributed by atoms with E-state index < -0.39 is 0 Å². The first-order chi connectivity index (χ1) is 7.33. The van der Waals surface area contributed by atoms with Gasteiger partial charge in [-0.3, -0.25) is 4.79 Å². The molecule has 0 aliphatic heterocycles. The van der Waals surface area contributed by atoms with Gasteiger partial charge < -0.3 is 0 Å². The number of rotatable bonds is 3. The molecule has 0 fully saturated rings. The van der Waals surface area contributed by atoms with E-state index in [1.165, 1.54) is 18.4 Å². The lowest BCUT2D eigenvalue weighted by molar-refractivity contribution is 0.103. The van der Waals surface area contributed by atoms with Crippen LogP contribution in [0.3, 0.4) is 0 Å². The minimum atomic E-state index is 0.238. The molecule has 0 spiro atoms. The second kappa shape index (κ2) is 4.43. The van der Waals surface area contributed by atoms with E-state index in [1.807, 2.05) is 24.3 Å². The zero-order chi connectivity index (χ0) is 10.7. The fourth-order valence-electron chi connectivity index (χ4n) is 2.00. The molecular formula is C14H16O. The van der Waals surface area contributed by atoms with Crippen LogP contribution in [-0.4, -0.2) is 5.78 Å². The highest BCUT2D eigenvalue weighted by Crippen LogP contribution is 2.26. The molecule has 2 rings (SSSR count). The van der Waals surface area contributed by atoms with Crippen LogP contribution in [-0.2, 0) is 6.42 Å². The summed E-state index contributed by atoms with van der Waals surface area (Å²) >= 11 is 0. The Hall–Kier alpha value is -1.37. The summed E-state index contributed by atoms with van der Waals surface area (Å²) in [5.41, 5.74) is 3.08. The minimum absolute atomic E-state index is 0.238. The Bertz CT molecular complexity index is 402. The van der Waals surface area contributed by atoms with Crippen LogP contribution >= 0.6 is 0 Å². The van der Waals surface area contributed by atoms with E-state index in [9.17, 15) is 4.79 Å². The van der Waals surface area contributed by atoms with Crippen molar-refractivity contribution in [3.63, 3.8) is 0 Å². The quantitative estimate of drug-likeness (QED) is 0.538. The maximum Gasteiger partial charge on any atom is 0.189 e. The summed E-state index contributed by atoms with van der Waals surface area (Å²) in [4.78, 5) is 11.9. The van der Waals surface area contributed by atoms with Crippen LogP contribution in [0.25, 0.3) is 0 Å². The number of unbranched alkanes of at least 4 members (excludes halogenated alkanes) is 2. The van der Waals surface area contributed by atoms with Gasteiger partial charge in [0, 0.05) is 17.6 Å². The molecule has 1 aliphatic carbocycles. The standard InChI is InChI=1S/C14H16O/c1-2-3-4-8-12-10-11-7-5-6-9-13(11)14(12)15/h5-9H,2-4,10H2,1H3/b12-8-. The van der Waals surface area contributed by atoms with E-state index in [-0.39, 0.29) is 5.78 Å². The predicted octanol–water partition coefficient (Wildman–Crippen LogP) is 3.54. The molecule has 0 aromatic heterocycles. The van der Waals surface area contributed by atoms with Gasteiger partial charge in [-0.15, -0.1) is 0 Å². The van der Waals surface area contributed by atoms with Gasteiger partial charge in [0.05, 0.1) is 0 Å². The topological polar surface area (TPSA) is 17.1 Å². The fraction of sp³-hybridized carbons (Fsp3) is 0.357. The Balaban J connectivity index is 2.16. The van der Waals surface area contributed by atoms with Gasteiger partial charge >= 0.3 is 0 Å². The van der Waals surface area contributed by atoms with Crippen molar-refractivity contribution in [2.45, 2.75) is 32.6 Å². The summed E-state index contributed by atoms with van der Waals surface area (Å²) in [6.45, 7) is 2.17. The largest absolute Gasteiger partial charge is 0.289 e. The number of hydrogen-bond acceptors (Lipinski definition) is 1. The third kappa shape index (κ3) is 2.01. The average Bonchev–Trinajstić information content (AvgIpc) is 2.57. The van der Waals surface area contributed by atoms with Crippen molar-refractivity contribution in [2.75, 3.05) is 0 Å². The smallest absolute Gasteiger partial charge is 0.189 e. The molecule has 0 saturated carbocycles. The van der Waals surface area contributed by atoms with E-state index in [1.54, 1.807) is 0 Å². The van der Waals surface area contributed by atoms with Crippen molar-refractivity contribution in [1.82, 2.24) is 0 Å². The van der Waals surface area contributed by atoms with Gasteiger partial charge in [0.2, 0.25) is 0 Å². The van der Waals surface area contributed by atoms with E-state index in [0.29, 0.717) is 0 Å². The number of hydrogen-bond donors (Lipinski definition) is 0. The Morgan fingerprint density at radius 2 is 2.13 bits per heavy atom. The van der Waals surface area contributed by atoms with Crippen molar-refractivity contribution in [1.29, 1.82) is 0 Å². The molecule has 0 bridgehead atoms. The minimum Gasteiger partial charge on any atom is -0.289 e. The predicted molar refractivity (Wildman–Crippen MR) is 62.1 cm³/mol. The number of benzene rings is 1. The monoisotopic (exact) mass is 200 g/mol. The van der Waals surface area contributed by atoms with Crippen LogP contribution in [0.4, 0.5) is 0 Å². The third-order valence-corrected chi connectivity index (χ3v) is 2.88. The molecule has 0 saturated heterocycles. The molecule has 1 aromatic rings. The molecule has 0 N–H and O–H groups in total. The zero-order valence-electron chi connectivity index (χ0n) is 9.12. The molecular weight excluding hydrogens is 184 g/mol. The van der Waals surface area contributed by atoms with Gasteiger partial charge in [-0.2, -0.15) is 0 Å². The second-order valence-corrected chi connectivity index (χ2v) is 4.03. The maximum atomic E-state index is 11.9. The summed E-state index contributed by atoms with van der Waals surface area (Å²) in [7, 11) is 0. The highest BCUT2D eigenvalue weighted by atomic mass is 16.1. The molecule has 0 atom stereocenters. The van der Waals surface area contributed by atoms with Crippen LogP contribution in [0.1, 0.15) is 42.1 Å². The van der Waals surface area contributed by atoms with Crippen molar-refractivity contribution in [3.05, 3.63) is 47.0 Å².